The second-order valence-electron chi connectivity index (χ2n) is 16.3. The number of rotatable bonds is 8. The Bertz CT molecular complexity index is 3350. The van der Waals surface area contributed by atoms with E-state index in [1.807, 2.05) is 72.8 Å². The number of fused-ring (bicyclic) bond motifs is 5. The van der Waals surface area contributed by atoms with Crippen molar-refractivity contribution in [3.8, 4) is 90.1 Å². The van der Waals surface area contributed by atoms with Crippen LogP contribution in [0.25, 0.3) is 122 Å². The maximum absolute atomic E-state index is 4.99. The fourth-order valence-corrected chi connectivity index (χ4v) is 9.09. The van der Waals surface area contributed by atoms with Crippen LogP contribution in [0, 0.1) is 0 Å². The van der Waals surface area contributed by atoms with Crippen molar-refractivity contribution < 1.29 is 0 Å². The summed E-state index contributed by atoms with van der Waals surface area (Å²) >= 11 is 0. The first-order valence-corrected chi connectivity index (χ1v) is 22.0. The molecule has 12 rings (SSSR count). The van der Waals surface area contributed by atoms with E-state index in [-0.39, 0.29) is 0 Å². The van der Waals surface area contributed by atoms with Crippen LogP contribution in [0.1, 0.15) is 0 Å². The number of hydrogen-bond acceptors (Lipinski definition) is 6. The van der Waals surface area contributed by atoms with Gasteiger partial charge in [0.25, 0.3) is 0 Å². The van der Waals surface area contributed by atoms with Crippen LogP contribution in [0.2, 0.25) is 0 Å². The summed E-state index contributed by atoms with van der Waals surface area (Å²) in [5.41, 5.74) is 15.5. The molecule has 0 spiro atoms. The Balaban J connectivity index is 0.942. The lowest BCUT2D eigenvalue weighted by atomic mass is 9.87. The highest BCUT2D eigenvalue weighted by molar-refractivity contribution is 6.23. The first-order valence-electron chi connectivity index (χ1n) is 22.0. The second-order valence-corrected chi connectivity index (χ2v) is 16.3. The molecule has 6 nitrogen and oxygen atoms in total. The van der Waals surface area contributed by atoms with Gasteiger partial charge in [-0.05, 0) is 162 Å². The lowest BCUT2D eigenvalue weighted by Gasteiger charge is -2.17. The van der Waals surface area contributed by atoms with Gasteiger partial charge in [-0.25, -0.2) is 9.97 Å². The minimum atomic E-state index is 0.805. The Morgan fingerprint density at radius 1 is 0.197 bits per heavy atom. The molecule has 308 valence electrons. The van der Waals surface area contributed by atoms with Crippen LogP contribution in [0.4, 0.5) is 0 Å². The van der Waals surface area contributed by atoms with Gasteiger partial charge in [-0.3, -0.25) is 19.9 Å². The van der Waals surface area contributed by atoms with Gasteiger partial charge in [0.1, 0.15) is 0 Å². The highest BCUT2D eigenvalue weighted by Crippen LogP contribution is 2.43. The van der Waals surface area contributed by atoms with E-state index in [0.717, 1.165) is 78.9 Å². The van der Waals surface area contributed by atoms with Crippen LogP contribution in [0.3, 0.4) is 0 Å². The monoisotopic (exact) mass is 842 g/mol. The summed E-state index contributed by atoms with van der Waals surface area (Å²) in [5, 5.41) is 7.29. The molecule has 0 atom stereocenters. The van der Waals surface area contributed by atoms with E-state index in [2.05, 4.69) is 153 Å². The van der Waals surface area contributed by atoms with Gasteiger partial charge in [0.15, 0.2) is 0 Å². The zero-order chi connectivity index (χ0) is 43.8. The molecule has 0 fully saturated rings. The van der Waals surface area contributed by atoms with Crippen molar-refractivity contribution >= 4 is 32.3 Å². The smallest absolute Gasteiger partial charge is 0.0900 e. The molecule has 0 unspecified atom stereocenters. The summed E-state index contributed by atoms with van der Waals surface area (Å²) in [6.45, 7) is 0. The quantitative estimate of drug-likeness (QED) is 0.142. The Labute approximate surface area is 381 Å². The van der Waals surface area contributed by atoms with Crippen LogP contribution < -0.4 is 0 Å². The van der Waals surface area contributed by atoms with Crippen LogP contribution in [0.15, 0.2) is 231 Å². The maximum Gasteiger partial charge on any atom is 0.0900 e. The Morgan fingerprint density at radius 2 is 0.485 bits per heavy atom. The van der Waals surface area contributed by atoms with Gasteiger partial charge >= 0.3 is 0 Å². The van der Waals surface area contributed by atoms with E-state index < -0.39 is 0 Å². The van der Waals surface area contributed by atoms with Crippen LogP contribution >= 0.6 is 0 Å². The van der Waals surface area contributed by atoms with Crippen molar-refractivity contribution in [1.82, 2.24) is 29.9 Å². The fourth-order valence-electron chi connectivity index (χ4n) is 9.09. The van der Waals surface area contributed by atoms with Gasteiger partial charge in [0, 0.05) is 24.8 Å². The number of pyridine rings is 6. The summed E-state index contributed by atoms with van der Waals surface area (Å²) in [6, 6.07) is 72.2. The molecule has 6 heteroatoms. The number of nitrogens with zero attached hydrogens (tertiary/aromatic N) is 6. The van der Waals surface area contributed by atoms with Crippen LogP contribution in [-0.2, 0) is 0 Å². The molecule has 0 amide bonds. The highest BCUT2D eigenvalue weighted by Gasteiger charge is 2.17. The van der Waals surface area contributed by atoms with E-state index in [9.17, 15) is 0 Å². The Hall–Kier alpha value is -9.00. The molecule has 0 saturated heterocycles. The van der Waals surface area contributed by atoms with Gasteiger partial charge in [-0.2, -0.15) is 0 Å². The zero-order valence-electron chi connectivity index (χ0n) is 35.6. The van der Waals surface area contributed by atoms with Crippen molar-refractivity contribution in [1.29, 1.82) is 0 Å². The Morgan fingerprint density at radius 3 is 0.788 bits per heavy atom. The van der Waals surface area contributed by atoms with Gasteiger partial charge in [-0.15, -0.1) is 0 Å². The molecule has 0 bridgehead atoms. The predicted octanol–water partition coefficient (Wildman–Crippen LogP) is 14.9. The molecule has 6 heterocycles. The molecule has 0 aliphatic rings. The first-order chi connectivity index (χ1) is 32.7. The van der Waals surface area contributed by atoms with E-state index in [1.165, 1.54) is 43.4 Å². The lowest BCUT2D eigenvalue weighted by Crippen LogP contribution is -1.94. The van der Waals surface area contributed by atoms with Crippen molar-refractivity contribution in [2.75, 3.05) is 0 Å². The summed E-state index contributed by atoms with van der Waals surface area (Å²) < 4.78 is 0. The van der Waals surface area contributed by atoms with E-state index in [4.69, 9.17) is 9.97 Å². The molecule has 0 saturated carbocycles. The van der Waals surface area contributed by atoms with Gasteiger partial charge in [0.05, 0.1) is 45.6 Å². The van der Waals surface area contributed by atoms with Gasteiger partial charge < -0.3 is 0 Å². The molecular weight excluding hydrogens is 805 g/mol. The highest BCUT2D eigenvalue weighted by atomic mass is 14.8. The van der Waals surface area contributed by atoms with Gasteiger partial charge in [0.2, 0.25) is 0 Å². The first kappa shape index (κ1) is 38.7. The van der Waals surface area contributed by atoms with E-state index in [0.29, 0.717) is 0 Å². The average Bonchev–Trinajstić information content (AvgIpc) is 3.41. The molecule has 0 aliphatic carbocycles. The number of benzene rings is 6. The van der Waals surface area contributed by atoms with Crippen molar-refractivity contribution in [2.24, 2.45) is 0 Å². The maximum atomic E-state index is 4.99. The van der Waals surface area contributed by atoms with Crippen molar-refractivity contribution in [2.45, 2.75) is 0 Å². The zero-order valence-corrected chi connectivity index (χ0v) is 35.6. The SMILES string of the molecule is c1ccc(-c2cc(-c3ccc(-c4cc5c6ccccc6c(-c6ccc(-c7cc(-c8ccccn8)nc(-c8ccccn8)c7)cc6)cc5c5ccccc45)cc3)cc(-c3ccccn3)n2)nc1. The third kappa shape index (κ3) is 7.22. The number of aromatic nitrogens is 6. The largest absolute Gasteiger partial charge is 0.255 e. The Kier molecular flexibility index (Phi) is 9.73. The molecule has 0 radical (unpaired) electrons. The minimum Gasteiger partial charge on any atom is -0.255 e. The number of hydrogen-bond donors (Lipinski definition) is 0. The fraction of sp³-hybridized carbons (Fsp3) is 0. The standard InChI is InChI=1S/C60H38N6/c1-3-15-47-45(13-1)49(41-25-21-39(22-26-41)43-33-57(53-17-5-9-29-61-53)65-58(34-43)54-18-6-10-30-62-54)37-52-48-16-4-2-14-46(48)50(38-51(47)52)42-27-23-40(24-28-42)44-35-59(55-19-7-11-31-63-55)66-60(36-44)56-20-8-12-32-64-56/h1-38H. The van der Waals surface area contributed by atoms with Gasteiger partial charge in [-0.1, -0.05) is 121 Å². The lowest BCUT2D eigenvalue weighted by molar-refractivity contribution is 1.22. The molecule has 0 aliphatic heterocycles. The summed E-state index contributed by atoms with van der Waals surface area (Å²) in [4.78, 5) is 28.5. The molecule has 6 aromatic heterocycles. The summed E-state index contributed by atoms with van der Waals surface area (Å²) in [5.74, 6) is 0. The second kappa shape index (κ2) is 16.6. The molecule has 66 heavy (non-hydrogen) atoms. The van der Waals surface area contributed by atoms with E-state index in [1.54, 1.807) is 24.8 Å². The third-order valence-electron chi connectivity index (χ3n) is 12.3. The minimum absolute atomic E-state index is 0.805. The topological polar surface area (TPSA) is 77.3 Å². The molecule has 12 aromatic rings. The molecule has 0 N–H and O–H groups in total. The summed E-state index contributed by atoms with van der Waals surface area (Å²) in [7, 11) is 0. The third-order valence-corrected chi connectivity index (χ3v) is 12.3. The van der Waals surface area contributed by atoms with Crippen LogP contribution in [-0.4, -0.2) is 29.9 Å². The normalized spacial score (nSPS) is 11.3. The average molecular weight is 843 g/mol. The predicted molar refractivity (Wildman–Crippen MR) is 269 cm³/mol. The van der Waals surface area contributed by atoms with Crippen LogP contribution in [0.5, 0.6) is 0 Å². The van der Waals surface area contributed by atoms with Crippen molar-refractivity contribution in [3.05, 3.63) is 231 Å². The summed E-state index contributed by atoms with van der Waals surface area (Å²) in [6.07, 6.45) is 7.21. The molecular formula is C60H38N6. The molecule has 6 aromatic carbocycles. The van der Waals surface area contributed by atoms with E-state index >= 15 is 0 Å². The van der Waals surface area contributed by atoms with Crippen molar-refractivity contribution in [3.63, 3.8) is 0 Å².